The Balaban J connectivity index is 1.96. The molecule has 1 unspecified atom stereocenters. The summed E-state index contributed by atoms with van der Waals surface area (Å²) in [6.07, 6.45) is -0.246. The standard InChI is InChI=1S/C23H29ClN4O5/c1-5-16-21(14-9-8-13(32-4)10-15(14)24)25-17(6-2)22(26-16)27-18-11-28(23(30)31)12-19(18)33-20(29)7-3/h8-10,18-19H,5-7,11-12H2,1-4H3,(H,26,27)(H,30,31)/t18?,19-/m0/s1. The van der Waals surface area contributed by atoms with Gasteiger partial charge in [-0.15, -0.1) is 0 Å². The van der Waals surface area contributed by atoms with Gasteiger partial charge in [-0.1, -0.05) is 32.4 Å². The highest BCUT2D eigenvalue weighted by Gasteiger charge is 2.38. The van der Waals surface area contributed by atoms with Crippen molar-refractivity contribution < 1.29 is 24.2 Å². The van der Waals surface area contributed by atoms with Crippen LogP contribution in [-0.4, -0.2) is 64.4 Å². The van der Waals surface area contributed by atoms with Crippen LogP contribution >= 0.6 is 11.6 Å². The van der Waals surface area contributed by atoms with E-state index in [1.807, 2.05) is 26.0 Å². The van der Waals surface area contributed by atoms with Crippen molar-refractivity contribution in [1.29, 1.82) is 0 Å². The van der Waals surface area contributed by atoms with E-state index in [1.54, 1.807) is 20.1 Å². The monoisotopic (exact) mass is 476 g/mol. The molecule has 1 aromatic carbocycles. The molecule has 178 valence electrons. The minimum absolute atomic E-state index is 0.105. The van der Waals surface area contributed by atoms with Gasteiger partial charge in [-0.2, -0.15) is 0 Å². The molecule has 1 saturated heterocycles. The predicted octanol–water partition coefficient (Wildman–Crippen LogP) is 4.03. The molecule has 0 spiro atoms. The van der Waals surface area contributed by atoms with Crippen molar-refractivity contribution in [1.82, 2.24) is 14.9 Å². The van der Waals surface area contributed by atoms with Gasteiger partial charge in [0.2, 0.25) is 0 Å². The Morgan fingerprint density at radius 2 is 1.91 bits per heavy atom. The zero-order valence-corrected chi connectivity index (χ0v) is 20.0. The molecule has 2 atom stereocenters. The number of benzene rings is 1. The molecule has 2 aromatic rings. The number of anilines is 1. The lowest BCUT2D eigenvalue weighted by atomic mass is 10.1. The Morgan fingerprint density at radius 3 is 2.48 bits per heavy atom. The van der Waals surface area contributed by atoms with Crippen LogP contribution in [0.4, 0.5) is 10.6 Å². The second-order valence-electron chi connectivity index (χ2n) is 7.69. The van der Waals surface area contributed by atoms with Crippen molar-refractivity contribution in [3.8, 4) is 17.0 Å². The lowest BCUT2D eigenvalue weighted by Crippen LogP contribution is -2.36. The molecule has 0 aliphatic carbocycles. The van der Waals surface area contributed by atoms with Crippen LogP contribution in [0.2, 0.25) is 5.02 Å². The second-order valence-corrected chi connectivity index (χ2v) is 8.09. The quantitative estimate of drug-likeness (QED) is 0.549. The topological polar surface area (TPSA) is 114 Å². The molecule has 3 rings (SSSR count). The third kappa shape index (κ3) is 5.47. The number of amides is 1. The fourth-order valence-corrected chi connectivity index (χ4v) is 4.02. The summed E-state index contributed by atoms with van der Waals surface area (Å²) in [5.74, 6) is 0.831. The van der Waals surface area contributed by atoms with Crippen LogP contribution in [0.1, 0.15) is 38.6 Å². The molecule has 0 saturated carbocycles. The first-order chi connectivity index (χ1) is 15.8. The van der Waals surface area contributed by atoms with Crippen molar-refractivity contribution in [3.05, 3.63) is 34.6 Å². The number of ether oxygens (including phenoxy) is 2. The van der Waals surface area contributed by atoms with Crippen LogP contribution in [0.5, 0.6) is 5.75 Å². The number of halogens is 1. The third-order valence-corrected chi connectivity index (χ3v) is 5.88. The van der Waals surface area contributed by atoms with Crippen LogP contribution in [0, 0.1) is 0 Å². The van der Waals surface area contributed by atoms with Gasteiger partial charge in [-0.05, 0) is 31.0 Å². The molecule has 1 aliphatic heterocycles. The summed E-state index contributed by atoms with van der Waals surface area (Å²) in [5.41, 5.74) is 2.91. The minimum atomic E-state index is -1.06. The average Bonchev–Trinajstić information content (AvgIpc) is 3.21. The number of nitrogens with zero attached hydrogens (tertiary/aromatic N) is 3. The number of aryl methyl sites for hydroxylation is 2. The summed E-state index contributed by atoms with van der Waals surface area (Å²) in [4.78, 5) is 34.3. The van der Waals surface area contributed by atoms with E-state index in [9.17, 15) is 14.7 Å². The van der Waals surface area contributed by atoms with E-state index in [0.29, 0.717) is 40.8 Å². The van der Waals surface area contributed by atoms with Crippen molar-refractivity contribution >= 4 is 29.5 Å². The number of likely N-dealkylation sites (tertiary alicyclic amines) is 1. The van der Waals surface area contributed by atoms with Gasteiger partial charge in [-0.25, -0.2) is 14.8 Å². The number of carboxylic acid groups (broad SMARTS) is 1. The summed E-state index contributed by atoms with van der Waals surface area (Å²) in [6, 6.07) is 4.99. The maximum Gasteiger partial charge on any atom is 0.407 e. The molecule has 2 N–H and O–H groups in total. The highest BCUT2D eigenvalue weighted by Crippen LogP contribution is 2.33. The average molecular weight is 477 g/mol. The second kappa shape index (κ2) is 10.7. The summed E-state index contributed by atoms with van der Waals surface area (Å²) < 4.78 is 10.7. The number of carbonyl (C=O) groups excluding carboxylic acids is 1. The Kier molecular flexibility index (Phi) is 7.97. The summed E-state index contributed by atoms with van der Waals surface area (Å²) in [7, 11) is 1.58. The Morgan fingerprint density at radius 1 is 1.18 bits per heavy atom. The lowest BCUT2D eigenvalue weighted by molar-refractivity contribution is -0.148. The summed E-state index contributed by atoms with van der Waals surface area (Å²) >= 11 is 6.50. The van der Waals surface area contributed by atoms with Crippen LogP contribution in [-0.2, 0) is 22.4 Å². The number of nitrogens with one attached hydrogen (secondary N) is 1. The van der Waals surface area contributed by atoms with E-state index in [1.165, 1.54) is 4.90 Å². The van der Waals surface area contributed by atoms with Gasteiger partial charge >= 0.3 is 12.1 Å². The normalized spacial score (nSPS) is 17.7. The molecule has 0 bridgehead atoms. The van der Waals surface area contributed by atoms with Crippen molar-refractivity contribution in [2.45, 2.75) is 52.2 Å². The number of carbonyl (C=O) groups is 2. The van der Waals surface area contributed by atoms with Crippen LogP contribution in [0.3, 0.4) is 0 Å². The van der Waals surface area contributed by atoms with Gasteiger partial charge in [-0.3, -0.25) is 4.79 Å². The van der Waals surface area contributed by atoms with Crippen molar-refractivity contribution in [2.75, 3.05) is 25.5 Å². The zero-order chi connectivity index (χ0) is 24.1. The Labute approximate surface area is 198 Å². The number of rotatable bonds is 8. The Bertz CT molecular complexity index is 1030. The van der Waals surface area contributed by atoms with Gasteiger partial charge in [0.25, 0.3) is 0 Å². The van der Waals surface area contributed by atoms with E-state index in [2.05, 4.69) is 5.32 Å². The van der Waals surface area contributed by atoms with E-state index in [0.717, 1.165) is 11.3 Å². The molecule has 33 heavy (non-hydrogen) atoms. The van der Waals surface area contributed by atoms with Gasteiger partial charge in [0.15, 0.2) is 0 Å². The zero-order valence-electron chi connectivity index (χ0n) is 19.2. The van der Waals surface area contributed by atoms with Crippen LogP contribution < -0.4 is 10.1 Å². The molecular weight excluding hydrogens is 448 g/mol. The summed E-state index contributed by atoms with van der Waals surface area (Å²) in [6.45, 7) is 5.93. The Hall–Kier alpha value is -3.07. The predicted molar refractivity (Wildman–Crippen MR) is 125 cm³/mol. The van der Waals surface area contributed by atoms with Crippen LogP contribution in [0.15, 0.2) is 18.2 Å². The molecule has 0 radical (unpaired) electrons. The third-order valence-electron chi connectivity index (χ3n) is 5.57. The minimum Gasteiger partial charge on any atom is -0.497 e. The van der Waals surface area contributed by atoms with Gasteiger partial charge in [0.05, 0.1) is 41.8 Å². The number of hydrogen-bond acceptors (Lipinski definition) is 7. The van der Waals surface area contributed by atoms with E-state index < -0.39 is 18.2 Å². The molecule has 1 aromatic heterocycles. The maximum atomic E-state index is 11.9. The molecule has 1 fully saturated rings. The fourth-order valence-electron chi connectivity index (χ4n) is 3.76. The van der Waals surface area contributed by atoms with Crippen molar-refractivity contribution in [2.24, 2.45) is 0 Å². The number of methoxy groups -OCH3 is 1. The highest BCUT2D eigenvalue weighted by atomic mass is 35.5. The van der Waals surface area contributed by atoms with E-state index in [-0.39, 0.29) is 25.5 Å². The molecule has 2 heterocycles. The number of hydrogen-bond donors (Lipinski definition) is 2. The van der Waals surface area contributed by atoms with Gasteiger partial charge in [0, 0.05) is 18.5 Å². The first-order valence-electron chi connectivity index (χ1n) is 11.0. The molecular formula is C23H29ClN4O5. The van der Waals surface area contributed by atoms with E-state index >= 15 is 0 Å². The highest BCUT2D eigenvalue weighted by molar-refractivity contribution is 6.33. The number of aromatic nitrogens is 2. The van der Waals surface area contributed by atoms with Crippen LogP contribution in [0.25, 0.3) is 11.3 Å². The number of esters is 1. The largest absolute Gasteiger partial charge is 0.497 e. The van der Waals surface area contributed by atoms with E-state index in [4.69, 9.17) is 31.0 Å². The molecule has 1 aliphatic rings. The first kappa shape index (κ1) is 24.6. The smallest absolute Gasteiger partial charge is 0.407 e. The first-order valence-corrected chi connectivity index (χ1v) is 11.4. The van der Waals surface area contributed by atoms with Gasteiger partial charge < -0.3 is 24.8 Å². The maximum absolute atomic E-state index is 11.9. The van der Waals surface area contributed by atoms with Gasteiger partial charge in [0.1, 0.15) is 17.7 Å². The fraction of sp³-hybridized carbons (Fsp3) is 0.478. The molecule has 1 amide bonds. The SMILES string of the molecule is CCC(=O)O[C@H]1CN(C(=O)O)CC1Nc1nc(CC)c(-c2ccc(OC)cc2Cl)nc1CC. The van der Waals surface area contributed by atoms with Crippen molar-refractivity contribution in [3.63, 3.8) is 0 Å². The summed E-state index contributed by atoms with van der Waals surface area (Å²) in [5, 5.41) is 13.2. The lowest BCUT2D eigenvalue weighted by Gasteiger charge is -2.22. The molecule has 9 nitrogen and oxygen atoms in total. The molecule has 10 heteroatoms.